The minimum Gasteiger partial charge on any atom is -0.352 e. The Morgan fingerprint density at radius 3 is 2.62 bits per heavy atom. The highest BCUT2D eigenvalue weighted by molar-refractivity contribution is 14.0. The van der Waals surface area contributed by atoms with Crippen molar-refractivity contribution in [3.05, 3.63) is 65.2 Å². The molecule has 5 nitrogen and oxygen atoms in total. The van der Waals surface area contributed by atoms with Crippen LogP contribution in [-0.2, 0) is 17.8 Å². The molecule has 0 unspecified atom stereocenters. The number of anilines is 1. The number of para-hydroxylation sites is 1. The number of fused-ring (bicyclic) bond motifs is 1. The third-order valence-corrected chi connectivity index (χ3v) is 4.53. The first-order chi connectivity index (χ1) is 12.2. The number of hydrogen-bond acceptors (Lipinski definition) is 2. The molecule has 0 bridgehead atoms. The lowest BCUT2D eigenvalue weighted by Gasteiger charge is -2.19. The summed E-state index contributed by atoms with van der Waals surface area (Å²) in [6.07, 6.45) is 0.919. The fraction of sp³-hybridized carbons (Fsp3) is 0.300. The van der Waals surface area contributed by atoms with Crippen molar-refractivity contribution >= 4 is 41.5 Å². The Balaban J connectivity index is 0.00000243. The van der Waals surface area contributed by atoms with E-state index < -0.39 is 0 Å². The summed E-state index contributed by atoms with van der Waals surface area (Å²) in [7, 11) is 1.71. The van der Waals surface area contributed by atoms with Gasteiger partial charge in [-0.3, -0.25) is 9.79 Å². The van der Waals surface area contributed by atoms with E-state index in [1.165, 1.54) is 16.7 Å². The first-order valence-corrected chi connectivity index (χ1v) is 8.56. The van der Waals surface area contributed by atoms with Crippen molar-refractivity contribution in [2.24, 2.45) is 4.99 Å². The molecule has 0 spiro atoms. The normalized spacial score (nSPS) is 13.0. The van der Waals surface area contributed by atoms with E-state index in [0.717, 1.165) is 18.7 Å². The van der Waals surface area contributed by atoms with Crippen molar-refractivity contribution in [1.82, 2.24) is 10.6 Å². The standard InChI is InChI=1S/C20H24N4O.HI/c1-15-7-3-4-9-17(15)13-22-20(21-2)23-14-19(25)24-12-11-16-8-5-6-10-18(16)24;/h3-10H,11-14H2,1-2H3,(H2,21,22,23);1H. The van der Waals surface area contributed by atoms with E-state index in [0.29, 0.717) is 12.5 Å². The van der Waals surface area contributed by atoms with Gasteiger partial charge >= 0.3 is 0 Å². The lowest BCUT2D eigenvalue weighted by Crippen LogP contribution is -2.44. The van der Waals surface area contributed by atoms with Crippen LogP contribution in [0.15, 0.2) is 53.5 Å². The van der Waals surface area contributed by atoms with Gasteiger partial charge in [0.05, 0.1) is 6.54 Å². The first kappa shape index (κ1) is 20.2. The van der Waals surface area contributed by atoms with E-state index in [-0.39, 0.29) is 36.4 Å². The zero-order chi connectivity index (χ0) is 17.6. The third kappa shape index (κ3) is 4.75. The van der Waals surface area contributed by atoms with Gasteiger partial charge in [-0.25, -0.2) is 0 Å². The van der Waals surface area contributed by atoms with Gasteiger partial charge in [-0.2, -0.15) is 0 Å². The summed E-state index contributed by atoms with van der Waals surface area (Å²) in [4.78, 5) is 18.6. The molecule has 0 saturated heterocycles. The predicted octanol–water partition coefficient (Wildman–Crippen LogP) is 2.87. The Hall–Kier alpha value is -2.09. The van der Waals surface area contributed by atoms with Crippen LogP contribution < -0.4 is 15.5 Å². The maximum absolute atomic E-state index is 12.5. The van der Waals surface area contributed by atoms with Crippen LogP contribution in [0.3, 0.4) is 0 Å². The molecule has 1 heterocycles. The number of nitrogens with one attached hydrogen (secondary N) is 2. The zero-order valence-corrected chi connectivity index (χ0v) is 17.5. The highest BCUT2D eigenvalue weighted by Crippen LogP contribution is 2.27. The van der Waals surface area contributed by atoms with Crippen LogP contribution in [0.1, 0.15) is 16.7 Å². The third-order valence-electron chi connectivity index (χ3n) is 4.53. The van der Waals surface area contributed by atoms with Gasteiger partial charge in [0.15, 0.2) is 5.96 Å². The Morgan fingerprint density at radius 2 is 1.85 bits per heavy atom. The Morgan fingerprint density at radius 1 is 1.12 bits per heavy atom. The number of rotatable bonds is 4. The molecular weight excluding hydrogens is 439 g/mol. The van der Waals surface area contributed by atoms with Gasteiger partial charge in [0, 0.05) is 25.8 Å². The number of guanidine groups is 1. The molecule has 2 aromatic carbocycles. The molecule has 1 amide bonds. The van der Waals surface area contributed by atoms with Gasteiger partial charge in [-0.15, -0.1) is 24.0 Å². The summed E-state index contributed by atoms with van der Waals surface area (Å²) in [5, 5.41) is 6.37. The minimum absolute atomic E-state index is 0. The number of nitrogens with zero attached hydrogens (tertiary/aromatic N) is 2. The average molecular weight is 464 g/mol. The Kier molecular flexibility index (Phi) is 7.44. The van der Waals surface area contributed by atoms with Gasteiger partial charge < -0.3 is 15.5 Å². The van der Waals surface area contributed by atoms with Crippen LogP contribution in [0.2, 0.25) is 0 Å². The number of carbonyl (C=O) groups excluding carboxylic acids is 1. The number of aliphatic imine (C=N–C) groups is 1. The lowest BCUT2D eigenvalue weighted by atomic mass is 10.1. The quantitative estimate of drug-likeness (QED) is 0.416. The maximum atomic E-state index is 12.5. The van der Waals surface area contributed by atoms with E-state index in [1.54, 1.807) is 7.05 Å². The summed E-state index contributed by atoms with van der Waals surface area (Å²) in [6, 6.07) is 16.3. The summed E-state index contributed by atoms with van der Waals surface area (Å²) in [5.74, 6) is 0.688. The largest absolute Gasteiger partial charge is 0.352 e. The van der Waals surface area contributed by atoms with E-state index >= 15 is 0 Å². The molecule has 1 aliphatic rings. The monoisotopic (exact) mass is 464 g/mol. The molecule has 0 aromatic heterocycles. The molecular formula is C20H25IN4O. The van der Waals surface area contributed by atoms with Crippen molar-refractivity contribution in [3.8, 4) is 0 Å². The number of halogens is 1. The van der Waals surface area contributed by atoms with Crippen molar-refractivity contribution in [2.75, 3.05) is 25.0 Å². The van der Waals surface area contributed by atoms with E-state index in [4.69, 9.17) is 0 Å². The van der Waals surface area contributed by atoms with Gasteiger partial charge in [0.1, 0.15) is 0 Å². The molecule has 0 atom stereocenters. The zero-order valence-electron chi connectivity index (χ0n) is 15.2. The van der Waals surface area contributed by atoms with Crippen molar-refractivity contribution in [1.29, 1.82) is 0 Å². The second-order valence-electron chi connectivity index (χ2n) is 6.13. The summed E-state index contributed by atoms with van der Waals surface area (Å²) in [5.41, 5.74) is 4.70. The number of carbonyl (C=O) groups is 1. The summed E-state index contributed by atoms with van der Waals surface area (Å²) in [6.45, 7) is 3.73. The van der Waals surface area contributed by atoms with E-state index in [9.17, 15) is 4.79 Å². The first-order valence-electron chi connectivity index (χ1n) is 8.56. The molecule has 0 fully saturated rings. The van der Waals surface area contributed by atoms with Crippen LogP contribution in [0.4, 0.5) is 5.69 Å². The average Bonchev–Trinajstić information content (AvgIpc) is 3.07. The lowest BCUT2D eigenvalue weighted by molar-refractivity contribution is -0.117. The van der Waals surface area contributed by atoms with Crippen molar-refractivity contribution in [3.63, 3.8) is 0 Å². The molecule has 26 heavy (non-hydrogen) atoms. The van der Waals surface area contributed by atoms with Crippen LogP contribution in [0.5, 0.6) is 0 Å². The fourth-order valence-corrected chi connectivity index (χ4v) is 3.06. The molecule has 2 N–H and O–H groups in total. The molecule has 3 rings (SSSR count). The van der Waals surface area contributed by atoms with Crippen LogP contribution in [0.25, 0.3) is 0 Å². The second-order valence-corrected chi connectivity index (χ2v) is 6.13. The van der Waals surface area contributed by atoms with Crippen molar-refractivity contribution in [2.45, 2.75) is 19.9 Å². The highest BCUT2D eigenvalue weighted by atomic mass is 127. The summed E-state index contributed by atoms with van der Waals surface area (Å²) >= 11 is 0. The van der Waals surface area contributed by atoms with Gasteiger partial charge in [-0.05, 0) is 36.1 Å². The van der Waals surface area contributed by atoms with Crippen molar-refractivity contribution < 1.29 is 4.79 Å². The smallest absolute Gasteiger partial charge is 0.246 e. The topological polar surface area (TPSA) is 56.7 Å². The van der Waals surface area contributed by atoms with Crippen LogP contribution in [0, 0.1) is 6.92 Å². The minimum atomic E-state index is 0. The van der Waals surface area contributed by atoms with E-state index in [2.05, 4.69) is 40.7 Å². The SMILES string of the molecule is CN=C(NCC(=O)N1CCc2ccccc21)NCc1ccccc1C.I. The molecule has 0 aliphatic carbocycles. The van der Waals surface area contributed by atoms with Gasteiger partial charge in [-0.1, -0.05) is 42.5 Å². The van der Waals surface area contributed by atoms with Gasteiger partial charge in [0.25, 0.3) is 0 Å². The highest BCUT2D eigenvalue weighted by Gasteiger charge is 2.23. The van der Waals surface area contributed by atoms with Crippen LogP contribution >= 0.6 is 24.0 Å². The molecule has 0 radical (unpaired) electrons. The molecule has 2 aromatic rings. The molecule has 1 aliphatic heterocycles. The number of hydrogen-bond donors (Lipinski definition) is 2. The van der Waals surface area contributed by atoms with Crippen LogP contribution in [-0.4, -0.2) is 32.0 Å². The predicted molar refractivity (Wildman–Crippen MR) is 117 cm³/mol. The number of amides is 1. The Bertz CT molecular complexity index is 791. The van der Waals surface area contributed by atoms with Gasteiger partial charge in [0.2, 0.25) is 5.91 Å². The Labute approximate surface area is 171 Å². The maximum Gasteiger partial charge on any atom is 0.246 e. The molecule has 138 valence electrons. The summed E-state index contributed by atoms with van der Waals surface area (Å²) < 4.78 is 0. The molecule has 0 saturated carbocycles. The fourth-order valence-electron chi connectivity index (χ4n) is 3.06. The number of benzene rings is 2. The second kappa shape index (κ2) is 9.56. The van der Waals surface area contributed by atoms with E-state index in [1.807, 2.05) is 35.2 Å². The number of aryl methyl sites for hydroxylation is 1. The molecule has 6 heteroatoms.